The predicted molar refractivity (Wildman–Crippen MR) is 121 cm³/mol. The standard InChI is InChI=1S/C24H26N6O/c1-15-7-8-19(16(2)12-15)22-20(13-25)17(3)28-24-29-21(14-30(22)24)23(31)27-11-9-18-6-4-5-10-26-18/h4-8,10,12,14H,9,11,13,25H2,1-3H3,(H,27,31). The van der Waals surface area contributed by atoms with E-state index in [0.717, 1.165) is 33.8 Å². The Labute approximate surface area is 181 Å². The van der Waals surface area contributed by atoms with Crippen molar-refractivity contribution in [1.82, 2.24) is 24.7 Å². The number of pyridine rings is 1. The predicted octanol–water partition coefficient (Wildman–Crippen LogP) is 3.15. The van der Waals surface area contributed by atoms with E-state index in [-0.39, 0.29) is 5.91 Å². The second kappa shape index (κ2) is 8.65. The molecule has 31 heavy (non-hydrogen) atoms. The van der Waals surface area contributed by atoms with Crippen LogP contribution in [0.4, 0.5) is 0 Å². The maximum absolute atomic E-state index is 12.7. The fraction of sp³-hybridized carbons (Fsp3) is 0.250. The van der Waals surface area contributed by atoms with E-state index in [1.165, 1.54) is 5.56 Å². The Morgan fingerprint density at radius 3 is 2.68 bits per heavy atom. The molecule has 0 unspecified atom stereocenters. The summed E-state index contributed by atoms with van der Waals surface area (Å²) in [6, 6.07) is 12.0. The Kier molecular flexibility index (Phi) is 5.77. The summed E-state index contributed by atoms with van der Waals surface area (Å²) >= 11 is 0. The van der Waals surface area contributed by atoms with Crippen LogP contribution in [-0.4, -0.2) is 31.8 Å². The molecule has 0 aliphatic carbocycles. The van der Waals surface area contributed by atoms with Gasteiger partial charge < -0.3 is 11.1 Å². The summed E-state index contributed by atoms with van der Waals surface area (Å²) in [7, 11) is 0. The van der Waals surface area contributed by atoms with Gasteiger partial charge >= 0.3 is 0 Å². The summed E-state index contributed by atoms with van der Waals surface area (Å²) < 4.78 is 1.88. The molecule has 3 heterocycles. The van der Waals surface area contributed by atoms with Crippen LogP contribution in [0.2, 0.25) is 0 Å². The first-order chi connectivity index (χ1) is 15.0. The fourth-order valence-electron chi connectivity index (χ4n) is 3.81. The molecule has 0 saturated carbocycles. The number of aryl methyl sites for hydroxylation is 3. The number of rotatable bonds is 6. The smallest absolute Gasteiger partial charge is 0.271 e. The molecule has 4 aromatic rings. The van der Waals surface area contributed by atoms with Crippen LogP contribution in [0.3, 0.4) is 0 Å². The van der Waals surface area contributed by atoms with Gasteiger partial charge in [-0.05, 0) is 38.5 Å². The van der Waals surface area contributed by atoms with Crippen molar-refractivity contribution >= 4 is 11.7 Å². The number of nitrogens with two attached hydrogens (primary N) is 1. The van der Waals surface area contributed by atoms with Crippen LogP contribution in [0.1, 0.15) is 38.6 Å². The molecule has 0 fully saturated rings. The van der Waals surface area contributed by atoms with Crippen molar-refractivity contribution in [2.45, 2.75) is 33.7 Å². The topological polar surface area (TPSA) is 98.2 Å². The minimum absolute atomic E-state index is 0.236. The molecule has 0 bridgehead atoms. The number of aromatic nitrogens is 4. The van der Waals surface area contributed by atoms with Crippen molar-refractivity contribution in [3.63, 3.8) is 0 Å². The lowest BCUT2D eigenvalue weighted by molar-refractivity contribution is 0.0949. The molecule has 3 aromatic heterocycles. The number of imidazole rings is 1. The minimum Gasteiger partial charge on any atom is -0.350 e. The van der Waals surface area contributed by atoms with Gasteiger partial charge in [-0.15, -0.1) is 0 Å². The molecule has 7 heteroatoms. The Morgan fingerprint density at radius 2 is 1.97 bits per heavy atom. The zero-order chi connectivity index (χ0) is 22.0. The van der Waals surface area contributed by atoms with Gasteiger partial charge in [-0.25, -0.2) is 9.97 Å². The van der Waals surface area contributed by atoms with E-state index in [9.17, 15) is 4.79 Å². The number of nitrogens with zero attached hydrogens (tertiary/aromatic N) is 4. The lowest BCUT2D eigenvalue weighted by Crippen LogP contribution is -2.26. The van der Waals surface area contributed by atoms with Gasteiger partial charge in [0.25, 0.3) is 5.91 Å². The van der Waals surface area contributed by atoms with Crippen LogP contribution < -0.4 is 11.1 Å². The summed E-state index contributed by atoms with van der Waals surface area (Å²) in [4.78, 5) is 26.1. The zero-order valence-corrected chi connectivity index (χ0v) is 18.0. The van der Waals surface area contributed by atoms with E-state index >= 15 is 0 Å². The number of hydrogen-bond acceptors (Lipinski definition) is 5. The molecule has 158 valence electrons. The third kappa shape index (κ3) is 4.18. The molecule has 3 N–H and O–H groups in total. The number of fused-ring (bicyclic) bond motifs is 1. The summed E-state index contributed by atoms with van der Waals surface area (Å²) in [6.45, 7) is 6.90. The molecule has 1 aromatic carbocycles. The van der Waals surface area contributed by atoms with Crippen LogP contribution in [0.5, 0.6) is 0 Å². The highest BCUT2D eigenvalue weighted by atomic mass is 16.1. The molecule has 0 radical (unpaired) electrons. The van der Waals surface area contributed by atoms with Crippen molar-refractivity contribution in [2.75, 3.05) is 6.54 Å². The highest BCUT2D eigenvalue weighted by Crippen LogP contribution is 2.30. The third-order valence-electron chi connectivity index (χ3n) is 5.39. The van der Waals surface area contributed by atoms with Gasteiger partial charge in [-0.2, -0.15) is 0 Å². The largest absolute Gasteiger partial charge is 0.350 e. The van der Waals surface area contributed by atoms with Crippen molar-refractivity contribution in [3.05, 3.63) is 82.6 Å². The van der Waals surface area contributed by atoms with Crippen LogP contribution >= 0.6 is 0 Å². The van der Waals surface area contributed by atoms with E-state index in [4.69, 9.17) is 5.73 Å². The van der Waals surface area contributed by atoms with Gasteiger partial charge in [0.15, 0.2) is 0 Å². The zero-order valence-electron chi connectivity index (χ0n) is 18.0. The summed E-state index contributed by atoms with van der Waals surface area (Å²) in [6.07, 6.45) is 4.14. The Bertz CT molecular complexity index is 1250. The first-order valence-electron chi connectivity index (χ1n) is 10.3. The maximum Gasteiger partial charge on any atom is 0.271 e. The molecular weight excluding hydrogens is 388 g/mol. The number of carbonyl (C=O) groups is 1. The molecular formula is C24H26N6O. The minimum atomic E-state index is -0.236. The summed E-state index contributed by atoms with van der Waals surface area (Å²) in [5, 5.41) is 2.92. The average Bonchev–Trinajstić information content (AvgIpc) is 3.17. The van der Waals surface area contributed by atoms with Crippen LogP contribution in [0, 0.1) is 20.8 Å². The van der Waals surface area contributed by atoms with Crippen molar-refractivity contribution < 1.29 is 4.79 Å². The molecule has 0 aliphatic rings. The SMILES string of the molecule is Cc1ccc(-c2c(CN)c(C)nc3nc(C(=O)NCCc4ccccn4)cn23)c(C)c1. The van der Waals surface area contributed by atoms with Gasteiger partial charge in [-0.3, -0.25) is 14.2 Å². The quantitative estimate of drug-likeness (QED) is 0.505. The van der Waals surface area contributed by atoms with Gasteiger partial charge in [0.05, 0.1) is 5.69 Å². The first kappa shape index (κ1) is 20.7. The van der Waals surface area contributed by atoms with Crippen molar-refractivity contribution in [2.24, 2.45) is 5.73 Å². The lowest BCUT2D eigenvalue weighted by Gasteiger charge is -2.15. The second-order valence-electron chi connectivity index (χ2n) is 7.67. The summed E-state index contributed by atoms with van der Waals surface area (Å²) in [5.74, 6) is 0.250. The van der Waals surface area contributed by atoms with E-state index in [2.05, 4.69) is 52.3 Å². The Morgan fingerprint density at radius 1 is 1.13 bits per heavy atom. The monoisotopic (exact) mass is 414 g/mol. The third-order valence-corrected chi connectivity index (χ3v) is 5.39. The molecule has 1 amide bonds. The normalized spacial score (nSPS) is 11.1. The van der Waals surface area contributed by atoms with Crippen LogP contribution in [0.15, 0.2) is 48.8 Å². The molecule has 0 spiro atoms. The van der Waals surface area contributed by atoms with E-state index < -0.39 is 0 Å². The molecule has 4 rings (SSSR count). The van der Waals surface area contributed by atoms with E-state index in [1.54, 1.807) is 12.4 Å². The van der Waals surface area contributed by atoms with Gasteiger partial charge in [-0.1, -0.05) is 29.8 Å². The van der Waals surface area contributed by atoms with E-state index in [0.29, 0.717) is 31.0 Å². The van der Waals surface area contributed by atoms with Gasteiger partial charge in [0.1, 0.15) is 5.69 Å². The maximum atomic E-state index is 12.7. The number of benzene rings is 1. The van der Waals surface area contributed by atoms with Gasteiger partial charge in [0.2, 0.25) is 5.78 Å². The number of amides is 1. The Hall–Kier alpha value is -3.58. The highest BCUT2D eigenvalue weighted by Gasteiger charge is 2.19. The lowest BCUT2D eigenvalue weighted by atomic mass is 9.98. The summed E-state index contributed by atoms with van der Waals surface area (Å²) in [5.41, 5.74) is 13.4. The molecule has 0 atom stereocenters. The first-order valence-corrected chi connectivity index (χ1v) is 10.3. The van der Waals surface area contributed by atoms with Gasteiger partial charge in [0, 0.05) is 54.4 Å². The molecule has 7 nitrogen and oxygen atoms in total. The number of nitrogens with one attached hydrogen (secondary N) is 1. The Balaban J connectivity index is 1.69. The van der Waals surface area contributed by atoms with E-state index in [1.807, 2.05) is 29.5 Å². The molecule has 0 saturated heterocycles. The second-order valence-corrected chi connectivity index (χ2v) is 7.67. The van der Waals surface area contributed by atoms with Crippen molar-refractivity contribution in [1.29, 1.82) is 0 Å². The van der Waals surface area contributed by atoms with Crippen LogP contribution in [-0.2, 0) is 13.0 Å². The molecule has 0 aliphatic heterocycles. The van der Waals surface area contributed by atoms with Crippen molar-refractivity contribution in [3.8, 4) is 11.3 Å². The average molecular weight is 415 g/mol. The highest BCUT2D eigenvalue weighted by molar-refractivity contribution is 5.93. The number of hydrogen-bond donors (Lipinski definition) is 2. The number of carbonyl (C=O) groups excluding carboxylic acids is 1. The van der Waals surface area contributed by atoms with Crippen LogP contribution in [0.25, 0.3) is 17.0 Å². The fourth-order valence-corrected chi connectivity index (χ4v) is 3.81.